The minimum atomic E-state index is 0.146. The Labute approximate surface area is 197 Å². The zero-order chi connectivity index (χ0) is 22.6. The molecule has 0 aliphatic heterocycles. The molecule has 2 aliphatic rings. The third-order valence-corrected chi connectivity index (χ3v) is 8.03. The SMILES string of the molecule is CCCC1(CC2=Cc3c(cccc3-c3ccccc3C(C)(C)C)C2)CCCCCCCC1. The standard InChI is InChI=1S/C32H44/c1-5-19-32(20-12-8-6-7-9-13-21-32)24-25-22-26-15-14-17-27(29(26)23-25)28-16-10-11-18-30(28)31(2,3)4/h10-11,14-18,23H,5-9,12-13,19-22,24H2,1-4H3. The molecule has 0 amide bonds. The summed E-state index contributed by atoms with van der Waals surface area (Å²) in [6, 6.07) is 16.1. The summed E-state index contributed by atoms with van der Waals surface area (Å²) in [5, 5.41) is 0. The summed E-state index contributed by atoms with van der Waals surface area (Å²) >= 11 is 0. The Morgan fingerprint density at radius 2 is 1.44 bits per heavy atom. The molecular weight excluding hydrogens is 384 g/mol. The minimum absolute atomic E-state index is 0.146. The Balaban J connectivity index is 1.66. The molecule has 32 heavy (non-hydrogen) atoms. The van der Waals surface area contributed by atoms with Crippen molar-refractivity contribution in [3.8, 4) is 11.1 Å². The highest BCUT2D eigenvalue weighted by Crippen LogP contribution is 2.46. The van der Waals surface area contributed by atoms with E-state index in [1.54, 1.807) is 5.57 Å². The van der Waals surface area contributed by atoms with Gasteiger partial charge in [-0.3, -0.25) is 0 Å². The van der Waals surface area contributed by atoms with E-state index < -0.39 is 0 Å². The van der Waals surface area contributed by atoms with Crippen LogP contribution in [0.3, 0.4) is 0 Å². The van der Waals surface area contributed by atoms with Crippen LogP contribution in [0.1, 0.15) is 115 Å². The first-order valence-corrected chi connectivity index (χ1v) is 13.3. The van der Waals surface area contributed by atoms with Crippen molar-refractivity contribution in [2.45, 2.75) is 110 Å². The molecule has 0 heteroatoms. The van der Waals surface area contributed by atoms with Gasteiger partial charge in [0.25, 0.3) is 0 Å². The first kappa shape index (κ1) is 23.3. The van der Waals surface area contributed by atoms with Gasteiger partial charge < -0.3 is 0 Å². The molecule has 1 saturated carbocycles. The van der Waals surface area contributed by atoms with Gasteiger partial charge in [0.05, 0.1) is 0 Å². The average molecular weight is 429 g/mol. The Bertz CT molecular complexity index is 927. The largest absolute Gasteiger partial charge is 0.0654 e. The number of hydrogen-bond donors (Lipinski definition) is 0. The lowest BCUT2D eigenvalue weighted by Gasteiger charge is -2.34. The van der Waals surface area contributed by atoms with Gasteiger partial charge in [0.15, 0.2) is 0 Å². The van der Waals surface area contributed by atoms with Crippen LogP contribution < -0.4 is 0 Å². The highest BCUT2D eigenvalue weighted by molar-refractivity contribution is 5.82. The Kier molecular flexibility index (Phi) is 7.28. The number of benzene rings is 2. The van der Waals surface area contributed by atoms with Crippen LogP contribution in [-0.4, -0.2) is 0 Å². The fraction of sp³-hybridized carbons (Fsp3) is 0.562. The maximum atomic E-state index is 2.59. The summed E-state index contributed by atoms with van der Waals surface area (Å²) < 4.78 is 0. The monoisotopic (exact) mass is 428 g/mol. The molecule has 2 aromatic carbocycles. The van der Waals surface area contributed by atoms with Gasteiger partial charge in [-0.15, -0.1) is 0 Å². The van der Waals surface area contributed by atoms with E-state index in [4.69, 9.17) is 0 Å². The Morgan fingerprint density at radius 3 is 2.12 bits per heavy atom. The molecule has 4 rings (SSSR count). The number of allylic oxidation sites excluding steroid dienone is 1. The van der Waals surface area contributed by atoms with Crippen molar-refractivity contribution in [3.63, 3.8) is 0 Å². The van der Waals surface area contributed by atoms with Crippen molar-refractivity contribution in [3.05, 3.63) is 64.7 Å². The molecule has 0 radical (unpaired) electrons. The molecule has 0 heterocycles. The molecule has 0 saturated heterocycles. The van der Waals surface area contributed by atoms with E-state index in [1.807, 2.05) is 0 Å². The van der Waals surface area contributed by atoms with Gasteiger partial charge in [-0.2, -0.15) is 0 Å². The Morgan fingerprint density at radius 1 is 0.781 bits per heavy atom. The normalized spacial score (nSPS) is 18.9. The molecule has 0 bridgehead atoms. The van der Waals surface area contributed by atoms with Crippen molar-refractivity contribution in [2.75, 3.05) is 0 Å². The molecule has 0 aromatic heterocycles. The van der Waals surface area contributed by atoms with Crippen LogP contribution in [0.25, 0.3) is 17.2 Å². The number of rotatable bonds is 5. The topological polar surface area (TPSA) is 0 Å². The summed E-state index contributed by atoms with van der Waals surface area (Å²) in [6.45, 7) is 9.40. The van der Waals surface area contributed by atoms with Gasteiger partial charge in [0, 0.05) is 0 Å². The highest BCUT2D eigenvalue weighted by Gasteiger charge is 2.32. The Hall–Kier alpha value is -1.82. The van der Waals surface area contributed by atoms with Crippen LogP contribution in [0.15, 0.2) is 48.0 Å². The summed E-state index contributed by atoms with van der Waals surface area (Å²) in [6.07, 6.45) is 19.3. The van der Waals surface area contributed by atoms with E-state index in [2.05, 4.69) is 76.2 Å². The lowest BCUT2D eigenvalue weighted by Crippen LogP contribution is -2.22. The van der Waals surface area contributed by atoms with Crippen molar-refractivity contribution in [1.29, 1.82) is 0 Å². The van der Waals surface area contributed by atoms with Gasteiger partial charge in [-0.1, -0.05) is 127 Å². The predicted molar refractivity (Wildman–Crippen MR) is 141 cm³/mol. The van der Waals surface area contributed by atoms with Crippen LogP contribution in [0, 0.1) is 5.41 Å². The average Bonchev–Trinajstić information content (AvgIpc) is 3.21. The molecule has 2 aromatic rings. The summed E-state index contributed by atoms with van der Waals surface area (Å²) in [4.78, 5) is 0. The lowest BCUT2D eigenvalue weighted by atomic mass is 9.70. The van der Waals surface area contributed by atoms with Crippen molar-refractivity contribution in [2.24, 2.45) is 5.41 Å². The zero-order valence-electron chi connectivity index (χ0n) is 21.1. The molecule has 0 spiro atoms. The van der Waals surface area contributed by atoms with Gasteiger partial charge in [-0.05, 0) is 70.8 Å². The molecule has 0 atom stereocenters. The fourth-order valence-corrected chi connectivity index (χ4v) is 6.52. The first-order valence-electron chi connectivity index (χ1n) is 13.3. The molecule has 0 nitrogen and oxygen atoms in total. The third kappa shape index (κ3) is 5.22. The third-order valence-electron chi connectivity index (χ3n) is 8.03. The van der Waals surface area contributed by atoms with E-state index >= 15 is 0 Å². The smallest absolute Gasteiger partial charge is 0.00574 e. The van der Waals surface area contributed by atoms with E-state index in [0.29, 0.717) is 5.41 Å². The van der Waals surface area contributed by atoms with E-state index in [0.717, 1.165) is 6.42 Å². The van der Waals surface area contributed by atoms with Crippen LogP contribution in [0.4, 0.5) is 0 Å². The predicted octanol–water partition coefficient (Wildman–Crippen LogP) is 9.90. The lowest BCUT2D eigenvalue weighted by molar-refractivity contribution is 0.203. The second kappa shape index (κ2) is 9.98. The molecule has 2 aliphatic carbocycles. The second-order valence-corrected chi connectivity index (χ2v) is 11.7. The molecule has 0 N–H and O–H groups in total. The quantitative estimate of drug-likeness (QED) is 0.444. The molecular formula is C32H44. The van der Waals surface area contributed by atoms with Crippen LogP contribution in [-0.2, 0) is 11.8 Å². The van der Waals surface area contributed by atoms with Gasteiger partial charge in [0.1, 0.15) is 0 Å². The van der Waals surface area contributed by atoms with Crippen molar-refractivity contribution in [1.82, 2.24) is 0 Å². The maximum Gasteiger partial charge on any atom is -0.00574 e. The zero-order valence-corrected chi connectivity index (χ0v) is 21.1. The number of hydrogen-bond acceptors (Lipinski definition) is 0. The summed E-state index contributed by atoms with van der Waals surface area (Å²) in [5.41, 5.74) is 9.71. The van der Waals surface area contributed by atoms with Crippen LogP contribution in [0.2, 0.25) is 0 Å². The summed E-state index contributed by atoms with van der Waals surface area (Å²) in [7, 11) is 0. The summed E-state index contributed by atoms with van der Waals surface area (Å²) in [5.74, 6) is 0. The van der Waals surface area contributed by atoms with Gasteiger partial charge >= 0.3 is 0 Å². The van der Waals surface area contributed by atoms with Crippen molar-refractivity contribution < 1.29 is 0 Å². The van der Waals surface area contributed by atoms with E-state index in [9.17, 15) is 0 Å². The van der Waals surface area contributed by atoms with Gasteiger partial charge in [-0.25, -0.2) is 0 Å². The molecule has 172 valence electrons. The van der Waals surface area contributed by atoms with E-state index in [-0.39, 0.29) is 5.41 Å². The minimum Gasteiger partial charge on any atom is -0.0654 e. The second-order valence-electron chi connectivity index (χ2n) is 11.7. The maximum absolute atomic E-state index is 2.59. The van der Waals surface area contributed by atoms with Crippen LogP contribution >= 0.6 is 0 Å². The molecule has 1 fully saturated rings. The highest BCUT2D eigenvalue weighted by atomic mass is 14.4. The van der Waals surface area contributed by atoms with Crippen molar-refractivity contribution >= 4 is 6.08 Å². The van der Waals surface area contributed by atoms with E-state index in [1.165, 1.54) is 98.4 Å². The molecule has 0 unspecified atom stereocenters. The first-order chi connectivity index (χ1) is 15.4. The van der Waals surface area contributed by atoms with Gasteiger partial charge in [0.2, 0.25) is 0 Å². The fourth-order valence-electron chi connectivity index (χ4n) is 6.52. The number of fused-ring (bicyclic) bond motifs is 1. The van der Waals surface area contributed by atoms with Crippen LogP contribution in [0.5, 0.6) is 0 Å².